The zero-order valence-electron chi connectivity index (χ0n) is 18.4. The molecule has 7 heteroatoms. The maximum Gasteiger partial charge on any atom is 0.260 e. The van der Waals surface area contributed by atoms with Crippen LogP contribution in [0.1, 0.15) is 30.4 Å². The summed E-state index contributed by atoms with van der Waals surface area (Å²) in [6, 6.07) is 15.1. The Bertz CT molecular complexity index is 966. The van der Waals surface area contributed by atoms with Crippen LogP contribution in [0.5, 0.6) is 5.75 Å². The van der Waals surface area contributed by atoms with E-state index in [9.17, 15) is 14.4 Å². The average Bonchev–Trinajstić information content (AvgIpc) is 3.47. The Hall–Kier alpha value is -3.35. The highest BCUT2D eigenvalue weighted by atomic mass is 16.5. The molecule has 2 aliphatic heterocycles. The first-order valence-corrected chi connectivity index (χ1v) is 11.1. The number of aryl methyl sites for hydroxylation is 1. The molecule has 2 saturated heterocycles. The molecule has 168 valence electrons. The van der Waals surface area contributed by atoms with Crippen LogP contribution in [0.25, 0.3) is 0 Å². The Morgan fingerprint density at radius 2 is 1.72 bits per heavy atom. The van der Waals surface area contributed by atoms with Crippen molar-refractivity contribution in [2.45, 2.75) is 32.7 Å². The van der Waals surface area contributed by atoms with Gasteiger partial charge in [0, 0.05) is 38.3 Å². The molecule has 1 N–H and O–H groups in total. The van der Waals surface area contributed by atoms with Gasteiger partial charge in [-0.05, 0) is 49.6 Å². The van der Waals surface area contributed by atoms with Crippen molar-refractivity contribution in [3.63, 3.8) is 0 Å². The van der Waals surface area contributed by atoms with Crippen LogP contribution < -0.4 is 15.0 Å². The van der Waals surface area contributed by atoms with Crippen molar-refractivity contribution >= 4 is 23.4 Å². The van der Waals surface area contributed by atoms with E-state index in [4.69, 9.17) is 4.74 Å². The zero-order valence-corrected chi connectivity index (χ0v) is 18.4. The predicted molar refractivity (Wildman–Crippen MR) is 121 cm³/mol. The molecule has 2 aliphatic rings. The Labute approximate surface area is 188 Å². The lowest BCUT2D eigenvalue weighted by Crippen LogP contribution is -2.32. The smallest absolute Gasteiger partial charge is 0.260 e. The molecule has 0 aliphatic carbocycles. The summed E-state index contributed by atoms with van der Waals surface area (Å²) in [4.78, 5) is 40.6. The number of rotatable bonds is 7. The van der Waals surface area contributed by atoms with Crippen molar-refractivity contribution in [1.29, 1.82) is 0 Å². The number of carbonyl (C=O) groups excluding carboxylic acids is 3. The van der Waals surface area contributed by atoms with Crippen molar-refractivity contribution < 1.29 is 19.1 Å². The van der Waals surface area contributed by atoms with Gasteiger partial charge < -0.3 is 19.9 Å². The third-order valence-electron chi connectivity index (χ3n) is 6.05. The van der Waals surface area contributed by atoms with Gasteiger partial charge in [-0.1, -0.05) is 29.8 Å². The SMILES string of the molecule is Cc1ccc(CNC(=O)[C@@H]2CC(=O)N(c3ccc(OCC(=O)N4CCCC4)cc3)C2)cc1. The molecule has 0 saturated carbocycles. The van der Waals surface area contributed by atoms with Gasteiger partial charge in [0.15, 0.2) is 6.61 Å². The van der Waals surface area contributed by atoms with Crippen molar-refractivity contribution in [3.05, 3.63) is 59.7 Å². The number of hydrogen-bond acceptors (Lipinski definition) is 4. The van der Waals surface area contributed by atoms with Crippen LogP contribution in [0, 0.1) is 12.8 Å². The summed E-state index contributed by atoms with van der Waals surface area (Å²) in [6.07, 6.45) is 2.30. The molecular weight excluding hydrogens is 406 g/mol. The number of nitrogens with one attached hydrogen (secondary N) is 1. The minimum atomic E-state index is -0.373. The monoisotopic (exact) mass is 435 g/mol. The molecule has 2 aromatic rings. The Morgan fingerprint density at radius 3 is 2.41 bits per heavy atom. The van der Waals surface area contributed by atoms with Crippen LogP contribution in [-0.2, 0) is 20.9 Å². The second kappa shape index (κ2) is 9.85. The number of amides is 3. The van der Waals surface area contributed by atoms with Gasteiger partial charge in [-0.3, -0.25) is 14.4 Å². The van der Waals surface area contributed by atoms with E-state index >= 15 is 0 Å². The maximum absolute atomic E-state index is 12.6. The Balaban J connectivity index is 1.28. The number of likely N-dealkylation sites (tertiary alicyclic amines) is 1. The van der Waals surface area contributed by atoms with Gasteiger partial charge in [-0.25, -0.2) is 0 Å². The first-order chi connectivity index (χ1) is 15.5. The van der Waals surface area contributed by atoms with E-state index in [0.29, 0.717) is 18.8 Å². The van der Waals surface area contributed by atoms with Crippen LogP contribution in [-0.4, -0.2) is 48.9 Å². The van der Waals surface area contributed by atoms with Gasteiger partial charge in [0.05, 0.1) is 5.92 Å². The Morgan fingerprint density at radius 1 is 1.03 bits per heavy atom. The summed E-state index contributed by atoms with van der Waals surface area (Å²) in [6.45, 7) is 4.45. The third kappa shape index (κ3) is 5.28. The highest BCUT2D eigenvalue weighted by Crippen LogP contribution is 2.27. The first kappa shape index (κ1) is 21.9. The molecule has 2 heterocycles. The summed E-state index contributed by atoms with van der Waals surface area (Å²) in [5.41, 5.74) is 2.93. The summed E-state index contributed by atoms with van der Waals surface area (Å²) in [5.74, 6) is 0.0308. The summed E-state index contributed by atoms with van der Waals surface area (Å²) in [5, 5.41) is 2.94. The van der Waals surface area contributed by atoms with Crippen LogP contribution in [0.3, 0.4) is 0 Å². The molecule has 32 heavy (non-hydrogen) atoms. The Kier molecular flexibility index (Phi) is 6.73. The molecule has 1 atom stereocenters. The average molecular weight is 436 g/mol. The lowest BCUT2D eigenvalue weighted by Gasteiger charge is -2.18. The lowest BCUT2D eigenvalue weighted by molar-refractivity contribution is -0.132. The fourth-order valence-electron chi connectivity index (χ4n) is 4.10. The van der Waals surface area contributed by atoms with E-state index in [-0.39, 0.29) is 36.7 Å². The van der Waals surface area contributed by atoms with Crippen molar-refractivity contribution in [1.82, 2.24) is 10.2 Å². The molecule has 0 bridgehead atoms. The third-order valence-corrected chi connectivity index (χ3v) is 6.05. The highest BCUT2D eigenvalue weighted by Gasteiger charge is 2.35. The fourth-order valence-corrected chi connectivity index (χ4v) is 4.10. The molecule has 4 rings (SSSR count). The molecule has 0 spiro atoms. The summed E-state index contributed by atoms with van der Waals surface area (Å²) < 4.78 is 5.61. The standard InChI is InChI=1S/C25H29N3O4/c1-18-4-6-19(7-5-18)15-26-25(31)20-14-23(29)28(16-20)21-8-10-22(11-9-21)32-17-24(30)27-12-2-3-13-27/h4-11,20H,2-3,12-17H2,1H3,(H,26,31)/t20-/m1/s1. The second-order valence-corrected chi connectivity index (χ2v) is 8.48. The van der Waals surface area contributed by atoms with Gasteiger partial charge in [-0.15, -0.1) is 0 Å². The zero-order chi connectivity index (χ0) is 22.5. The van der Waals surface area contributed by atoms with E-state index in [1.165, 1.54) is 5.56 Å². The summed E-state index contributed by atoms with van der Waals surface area (Å²) in [7, 11) is 0. The summed E-state index contributed by atoms with van der Waals surface area (Å²) >= 11 is 0. The topological polar surface area (TPSA) is 79.0 Å². The van der Waals surface area contributed by atoms with E-state index in [0.717, 1.165) is 37.2 Å². The van der Waals surface area contributed by atoms with Crippen LogP contribution >= 0.6 is 0 Å². The number of benzene rings is 2. The van der Waals surface area contributed by atoms with Crippen LogP contribution in [0.2, 0.25) is 0 Å². The van der Waals surface area contributed by atoms with Gasteiger partial charge in [0.2, 0.25) is 11.8 Å². The van der Waals surface area contributed by atoms with E-state index in [1.807, 2.05) is 36.1 Å². The second-order valence-electron chi connectivity index (χ2n) is 8.48. The largest absolute Gasteiger partial charge is 0.484 e. The molecule has 2 fully saturated rings. The fraction of sp³-hybridized carbons (Fsp3) is 0.400. The van der Waals surface area contributed by atoms with Gasteiger partial charge in [-0.2, -0.15) is 0 Å². The van der Waals surface area contributed by atoms with Crippen molar-refractivity contribution in [2.24, 2.45) is 5.92 Å². The first-order valence-electron chi connectivity index (χ1n) is 11.1. The molecular formula is C25H29N3O4. The molecule has 7 nitrogen and oxygen atoms in total. The molecule has 2 aromatic carbocycles. The molecule has 3 amide bonds. The number of hydrogen-bond donors (Lipinski definition) is 1. The lowest BCUT2D eigenvalue weighted by atomic mass is 10.1. The van der Waals surface area contributed by atoms with Gasteiger partial charge >= 0.3 is 0 Å². The minimum absolute atomic E-state index is 0.000730. The quantitative estimate of drug-likeness (QED) is 0.725. The van der Waals surface area contributed by atoms with E-state index < -0.39 is 0 Å². The van der Waals surface area contributed by atoms with Crippen molar-refractivity contribution in [3.8, 4) is 5.75 Å². The number of carbonyl (C=O) groups is 3. The number of ether oxygens (including phenoxy) is 1. The van der Waals surface area contributed by atoms with Gasteiger partial charge in [0.25, 0.3) is 5.91 Å². The van der Waals surface area contributed by atoms with E-state index in [1.54, 1.807) is 29.2 Å². The van der Waals surface area contributed by atoms with Crippen molar-refractivity contribution in [2.75, 3.05) is 31.1 Å². The highest BCUT2D eigenvalue weighted by molar-refractivity contribution is 6.00. The minimum Gasteiger partial charge on any atom is -0.484 e. The maximum atomic E-state index is 12.6. The van der Waals surface area contributed by atoms with Crippen LogP contribution in [0.15, 0.2) is 48.5 Å². The molecule has 0 radical (unpaired) electrons. The normalized spacial score (nSPS) is 18.2. The molecule has 0 aromatic heterocycles. The number of nitrogens with zero attached hydrogens (tertiary/aromatic N) is 2. The number of anilines is 1. The van der Waals surface area contributed by atoms with Crippen LogP contribution in [0.4, 0.5) is 5.69 Å². The predicted octanol–water partition coefficient (Wildman–Crippen LogP) is 2.67. The van der Waals surface area contributed by atoms with E-state index in [2.05, 4.69) is 5.32 Å². The molecule has 0 unspecified atom stereocenters. The van der Waals surface area contributed by atoms with Gasteiger partial charge in [0.1, 0.15) is 5.75 Å².